The van der Waals surface area contributed by atoms with Gasteiger partial charge in [0.05, 0.1) is 12.1 Å². The van der Waals surface area contributed by atoms with Gasteiger partial charge in [0.25, 0.3) is 0 Å². The highest BCUT2D eigenvalue weighted by Gasteiger charge is 2.32. The van der Waals surface area contributed by atoms with Crippen molar-refractivity contribution in [2.75, 3.05) is 19.6 Å². The third-order valence-electron chi connectivity index (χ3n) is 5.58. The number of nitrogens with zero attached hydrogens (tertiary/aromatic N) is 2. The molecule has 1 aromatic rings. The van der Waals surface area contributed by atoms with Gasteiger partial charge >= 0.3 is 6.61 Å². The number of nitrogens with one attached hydrogen (secondary N) is 2. The van der Waals surface area contributed by atoms with E-state index in [1.54, 1.807) is 0 Å². The minimum Gasteiger partial charge on any atom is -0.434 e. The Morgan fingerprint density at radius 3 is 2.77 bits per heavy atom. The van der Waals surface area contributed by atoms with Crippen LogP contribution in [0.2, 0.25) is 0 Å². The van der Waals surface area contributed by atoms with E-state index in [-0.39, 0.29) is 35.7 Å². The van der Waals surface area contributed by atoms with Crippen LogP contribution in [-0.4, -0.2) is 49.1 Å². The van der Waals surface area contributed by atoms with Crippen molar-refractivity contribution in [2.24, 2.45) is 10.9 Å². The molecule has 2 N–H and O–H groups in total. The number of aliphatic imine (C=N–C) groups is 1. The molecule has 0 bridgehead atoms. The Hall–Kier alpha value is -2.45. The lowest BCUT2D eigenvalue weighted by Gasteiger charge is -2.21. The molecule has 0 spiro atoms. The predicted molar refractivity (Wildman–Crippen MR) is 108 cm³/mol. The van der Waals surface area contributed by atoms with Crippen molar-refractivity contribution in [2.45, 2.75) is 58.2 Å². The van der Waals surface area contributed by atoms with Crippen LogP contribution in [0.3, 0.4) is 0 Å². The molecular formula is C21H29F3N4O2. The van der Waals surface area contributed by atoms with Crippen LogP contribution in [0.5, 0.6) is 5.75 Å². The summed E-state index contributed by atoms with van der Waals surface area (Å²) >= 11 is 0. The van der Waals surface area contributed by atoms with E-state index >= 15 is 0 Å². The molecule has 166 valence electrons. The number of guanidine groups is 1. The summed E-state index contributed by atoms with van der Waals surface area (Å²) in [6, 6.07) is 3.83. The van der Waals surface area contributed by atoms with E-state index in [0.29, 0.717) is 25.6 Å². The van der Waals surface area contributed by atoms with E-state index in [9.17, 15) is 18.0 Å². The van der Waals surface area contributed by atoms with Crippen molar-refractivity contribution in [3.05, 3.63) is 29.6 Å². The van der Waals surface area contributed by atoms with Crippen molar-refractivity contribution < 1.29 is 22.7 Å². The summed E-state index contributed by atoms with van der Waals surface area (Å²) in [5.41, 5.74) is -0.0283. The fraction of sp³-hybridized carbons (Fsp3) is 0.619. The topological polar surface area (TPSA) is 66.0 Å². The molecule has 6 nitrogen and oxygen atoms in total. The Bertz CT molecular complexity index is 754. The molecule has 2 aliphatic rings. The Labute approximate surface area is 174 Å². The molecule has 1 atom stereocenters. The monoisotopic (exact) mass is 426 g/mol. The number of carbonyl (C=O) groups excluding carboxylic acids is 1. The summed E-state index contributed by atoms with van der Waals surface area (Å²) < 4.78 is 43.8. The third kappa shape index (κ3) is 5.79. The van der Waals surface area contributed by atoms with E-state index in [1.165, 1.54) is 18.2 Å². The first-order chi connectivity index (χ1) is 14.5. The van der Waals surface area contributed by atoms with Gasteiger partial charge in [0.1, 0.15) is 11.6 Å². The fourth-order valence-corrected chi connectivity index (χ4v) is 4.08. The first-order valence-corrected chi connectivity index (χ1v) is 10.5. The lowest BCUT2D eigenvalue weighted by molar-refractivity contribution is -0.134. The van der Waals surface area contributed by atoms with Crippen LogP contribution < -0.4 is 15.4 Å². The molecule has 1 heterocycles. The number of benzene rings is 1. The molecular weight excluding hydrogens is 397 g/mol. The van der Waals surface area contributed by atoms with Gasteiger partial charge in [0.15, 0.2) is 5.96 Å². The Kier molecular flexibility index (Phi) is 7.81. The zero-order chi connectivity index (χ0) is 21.5. The van der Waals surface area contributed by atoms with Crippen molar-refractivity contribution in [1.29, 1.82) is 0 Å². The molecule has 0 radical (unpaired) electrons. The van der Waals surface area contributed by atoms with Crippen LogP contribution in [0.15, 0.2) is 23.2 Å². The number of alkyl halides is 2. The number of hydrogen-bond donors (Lipinski definition) is 2. The maximum atomic E-state index is 14.2. The molecule has 2 fully saturated rings. The second-order valence-corrected chi connectivity index (χ2v) is 7.69. The summed E-state index contributed by atoms with van der Waals surface area (Å²) in [7, 11) is 0. The summed E-state index contributed by atoms with van der Waals surface area (Å²) in [5.74, 6) is -0.0384. The van der Waals surface area contributed by atoms with Crippen molar-refractivity contribution >= 4 is 11.9 Å². The highest BCUT2D eigenvalue weighted by atomic mass is 19.3. The van der Waals surface area contributed by atoms with Crippen molar-refractivity contribution in [1.82, 2.24) is 15.5 Å². The number of amides is 1. The first-order valence-electron chi connectivity index (χ1n) is 10.5. The fourth-order valence-electron chi connectivity index (χ4n) is 4.08. The van der Waals surface area contributed by atoms with Gasteiger partial charge in [-0.2, -0.15) is 8.78 Å². The number of carbonyl (C=O) groups is 1. The number of halogens is 3. The van der Waals surface area contributed by atoms with Crippen LogP contribution in [0.25, 0.3) is 0 Å². The highest BCUT2D eigenvalue weighted by Crippen LogP contribution is 2.28. The summed E-state index contributed by atoms with van der Waals surface area (Å²) in [4.78, 5) is 18.9. The maximum absolute atomic E-state index is 14.2. The minimum absolute atomic E-state index is 0.0283. The third-order valence-corrected chi connectivity index (χ3v) is 5.58. The summed E-state index contributed by atoms with van der Waals surface area (Å²) in [6.07, 6.45) is 4.99. The van der Waals surface area contributed by atoms with Crippen LogP contribution in [0.4, 0.5) is 13.2 Å². The number of hydrogen-bond acceptors (Lipinski definition) is 3. The average Bonchev–Trinajstić information content (AvgIpc) is 3.39. The van der Waals surface area contributed by atoms with Gasteiger partial charge in [-0.05, 0) is 38.3 Å². The Morgan fingerprint density at radius 2 is 2.07 bits per heavy atom. The SMILES string of the molecule is CCNC(=NCc1c(F)cccc1OC(F)F)NC1CCN(C(=O)C2CCCC2)C1. The highest BCUT2D eigenvalue weighted by molar-refractivity contribution is 5.81. The van der Waals surface area contributed by atoms with Gasteiger partial charge < -0.3 is 20.3 Å². The van der Waals surface area contributed by atoms with E-state index in [4.69, 9.17) is 0 Å². The molecule has 1 unspecified atom stereocenters. The molecule has 3 rings (SSSR count). The molecule has 1 saturated carbocycles. The van der Waals surface area contributed by atoms with Gasteiger partial charge in [-0.15, -0.1) is 0 Å². The van der Waals surface area contributed by atoms with Gasteiger partial charge in [0.2, 0.25) is 5.91 Å². The number of ether oxygens (including phenoxy) is 1. The van der Waals surface area contributed by atoms with Gasteiger partial charge in [-0.25, -0.2) is 9.38 Å². The summed E-state index contributed by atoms with van der Waals surface area (Å²) in [5, 5.41) is 6.36. The molecule has 9 heteroatoms. The van der Waals surface area contributed by atoms with Gasteiger partial charge in [0, 0.05) is 31.6 Å². The minimum atomic E-state index is -3.04. The molecule has 1 aliphatic carbocycles. The van der Waals surface area contributed by atoms with Gasteiger partial charge in [-0.1, -0.05) is 18.9 Å². The van der Waals surface area contributed by atoms with Crippen LogP contribution >= 0.6 is 0 Å². The van der Waals surface area contributed by atoms with Crippen molar-refractivity contribution in [3.63, 3.8) is 0 Å². The van der Waals surface area contributed by atoms with E-state index in [1.807, 2.05) is 11.8 Å². The molecule has 1 saturated heterocycles. The molecule has 0 aromatic heterocycles. The lowest BCUT2D eigenvalue weighted by atomic mass is 10.1. The van der Waals surface area contributed by atoms with E-state index in [2.05, 4.69) is 20.4 Å². The second-order valence-electron chi connectivity index (χ2n) is 7.69. The zero-order valence-electron chi connectivity index (χ0n) is 17.2. The van der Waals surface area contributed by atoms with Crippen molar-refractivity contribution in [3.8, 4) is 5.75 Å². The van der Waals surface area contributed by atoms with E-state index in [0.717, 1.165) is 32.1 Å². The quantitative estimate of drug-likeness (QED) is 0.519. The molecule has 1 aliphatic heterocycles. The normalized spacial score (nSPS) is 20.1. The summed E-state index contributed by atoms with van der Waals surface area (Å²) in [6.45, 7) is 0.590. The number of rotatable bonds is 7. The molecule has 1 aromatic carbocycles. The van der Waals surface area contributed by atoms with E-state index < -0.39 is 12.4 Å². The maximum Gasteiger partial charge on any atom is 0.387 e. The van der Waals surface area contributed by atoms with Crippen LogP contribution in [0, 0.1) is 11.7 Å². The molecule has 1 amide bonds. The smallest absolute Gasteiger partial charge is 0.387 e. The Morgan fingerprint density at radius 1 is 1.30 bits per heavy atom. The van der Waals surface area contributed by atoms with Crippen LogP contribution in [0.1, 0.15) is 44.6 Å². The Balaban J connectivity index is 1.62. The second kappa shape index (κ2) is 10.5. The van der Waals surface area contributed by atoms with Gasteiger partial charge in [-0.3, -0.25) is 4.79 Å². The standard InChI is InChI=1S/C21H29F3N4O2/c1-2-25-21(26-12-16-17(22)8-5-9-18(16)30-20(23)24)27-15-10-11-28(13-15)19(29)14-6-3-4-7-14/h5,8-9,14-15,20H,2-4,6-7,10-13H2,1H3,(H2,25,26,27). The zero-order valence-corrected chi connectivity index (χ0v) is 17.2. The predicted octanol–water partition coefficient (Wildman–Crippen LogP) is 3.27. The largest absolute Gasteiger partial charge is 0.434 e. The van der Waals surface area contributed by atoms with Crippen LogP contribution in [-0.2, 0) is 11.3 Å². The molecule has 30 heavy (non-hydrogen) atoms. The lowest BCUT2D eigenvalue weighted by Crippen LogP contribution is -2.45. The number of likely N-dealkylation sites (tertiary alicyclic amines) is 1. The average molecular weight is 426 g/mol. The first kappa shape index (κ1) is 22.2.